The third-order valence-electron chi connectivity index (χ3n) is 4.77. The number of ether oxygens (including phenoxy) is 2. The van der Waals surface area contributed by atoms with Crippen molar-refractivity contribution in [3.05, 3.63) is 115 Å². The lowest BCUT2D eigenvalue weighted by atomic mass is 10.2. The summed E-state index contributed by atoms with van der Waals surface area (Å²) in [6, 6.07) is 23.5. The molecule has 2 amide bonds. The molecule has 0 spiro atoms. The van der Waals surface area contributed by atoms with Crippen LogP contribution in [0.5, 0.6) is 17.2 Å². The summed E-state index contributed by atoms with van der Waals surface area (Å²) >= 11 is 0. The van der Waals surface area contributed by atoms with Gasteiger partial charge in [-0.25, -0.2) is 4.39 Å². The van der Waals surface area contributed by atoms with Crippen LogP contribution in [0.3, 0.4) is 0 Å². The summed E-state index contributed by atoms with van der Waals surface area (Å²) in [6.07, 6.45) is 5.85. The van der Waals surface area contributed by atoms with Gasteiger partial charge in [-0.05, 0) is 60.2 Å². The third-order valence-corrected chi connectivity index (χ3v) is 4.77. The summed E-state index contributed by atoms with van der Waals surface area (Å²) in [7, 11) is 0. The van der Waals surface area contributed by atoms with Gasteiger partial charge in [0.2, 0.25) is 5.91 Å². The van der Waals surface area contributed by atoms with Crippen molar-refractivity contribution in [2.75, 3.05) is 17.2 Å². The van der Waals surface area contributed by atoms with Crippen molar-refractivity contribution in [2.45, 2.75) is 0 Å². The number of carbonyl (C=O) groups excluding carboxylic acids is 2. The summed E-state index contributed by atoms with van der Waals surface area (Å²) < 4.78 is 25.4. The number of pyridine rings is 1. The molecular weight excluding hydrogens is 461 g/mol. The monoisotopic (exact) mass is 483 g/mol. The van der Waals surface area contributed by atoms with Crippen molar-refractivity contribution in [3.63, 3.8) is 0 Å². The zero-order chi connectivity index (χ0) is 25.2. The maximum absolute atomic E-state index is 14.4. The highest BCUT2D eigenvalue weighted by atomic mass is 19.1. The van der Waals surface area contributed by atoms with Gasteiger partial charge < -0.3 is 20.1 Å². The van der Waals surface area contributed by atoms with E-state index in [1.165, 1.54) is 30.5 Å². The molecule has 0 saturated heterocycles. The third kappa shape index (κ3) is 7.26. The van der Waals surface area contributed by atoms with Gasteiger partial charge in [0.15, 0.2) is 18.2 Å². The Morgan fingerprint density at radius 3 is 2.44 bits per heavy atom. The van der Waals surface area contributed by atoms with E-state index in [4.69, 9.17) is 9.47 Å². The van der Waals surface area contributed by atoms with Gasteiger partial charge in [-0.1, -0.05) is 30.3 Å². The van der Waals surface area contributed by atoms with E-state index in [1.54, 1.807) is 60.8 Å². The van der Waals surface area contributed by atoms with E-state index in [1.807, 2.05) is 18.2 Å². The number of hydrogen-bond acceptors (Lipinski definition) is 5. The number of anilines is 2. The van der Waals surface area contributed by atoms with E-state index in [9.17, 15) is 14.0 Å². The molecule has 8 heteroatoms. The highest BCUT2D eigenvalue weighted by Crippen LogP contribution is 2.25. The van der Waals surface area contributed by atoms with Crippen LogP contribution in [0, 0.1) is 5.82 Å². The summed E-state index contributed by atoms with van der Waals surface area (Å²) in [5.41, 5.74) is 1.65. The van der Waals surface area contributed by atoms with Crippen molar-refractivity contribution < 1.29 is 23.5 Å². The maximum Gasteiger partial charge on any atom is 0.262 e. The Morgan fingerprint density at radius 1 is 0.861 bits per heavy atom. The smallest absolute Gasteiger partial charge is 0.262 e. The van der Waals surface area contributed by atoms with E-state index in [0.717, 1.165) is 0 Å². The van der Waals surface area contributed by atoms with E-state index in [-0.39, 0.29) is 18.3 Å². The van der Waals surface area contributed by atoms with Crippen molar-refractivity contribution in [1.82, 2.24) is 4.98 Å². The minimum absolute atomic E-state index is 0.0545. The maximum atomic E-state index is 14.4. The number of carbonyl (C=O) groups is 2. The number of para-hydroxylation sites is 1. The number of rotatable bonds is 9. The van der Waals surface area contributed by atoms with Crippen LogP contribution in [0.1, 0.15) is 5.56 Å². The van der Waals surface area contributed by atoms with Crippen LogP contribution >= 0.6 is 0 Å². The second kappa shape index (κ2) is 11.9. The number of halogens is 1. The van der Waals surface area contributed by atoms with Gasteiger partial charge in [-0.3, -0.25) is 14.6 Å². The number of nitrogens with zero attached hydrogens (tertiary/aromatic N) is 1. The lowest BCUT2D eigenvalue weighted by Crippen LogP contribution is -2.20. The lowest BCUT2D eigenvalue weighted by molar-refractivity contribution is -0.118. The Kier molecular flexibility index (Phi) is 8.01. The van der Waals surface area contributed by atoms with Crippen LogP contribution in [0.4, 0.5) is 15.8 Å². The Bertz CT molecular complexity index is 1360. The molecule has 4 aromatic rings. The quantitative estimate of drug-likeness (QED) is 0.299. The molecule has 3 aromatic carbocycles. The molecule has 0 aliphatic rings. The fourth-order valence-corrected chi connectivity index (χ4v) is 3.12. The summed E-state index contributed by atoms with van der Waals surface area (Å²) in [4.78, 5) is 28.3. The van der Waals surface area contributed by atoms with Gasteiger partial charge in [-0.15, -0.1) is 0 Å². The van der Waals surface area contributed by atoms with Crippen LogP contribution in [-0.4, -0.2) is 23.4 Å². The van der Waals surface area contributed by atoms with E-state index >= 15 is 0 Å². The Labute approximate surface area is 207 Å². The van der Waals surface area contributed by atoms with E-state index in [2.05, 4.69) is 15.6 Å². The van der Waals surface area contributed by atoms with E-state index in [0.29, 0.717) is 28.4 Å². The standard InChI is InChI=1S/C28H22FN3O4/c29-25-16-20(11-13-26(25)36-24-10-5-15-30-18-24)12-14-27(33)32-22-8-4-9-23(17-22)35-19-28(34)31-21-6-2-1-3-7-21/h1-18H,19H2,(H,31,34)(H,32,33)/b14-12+. The number of nitrogens with one attached hydrogen (secondary N) is 2. The topological polar surface area (TPSA) is 89.6 Å². The molecule has 4 rings (SSSR count). The van der Waals surface area contributed by atoms with Gasteiger partial charge in [0.05, 0.1) is 6.20 Å². The molecule has 0 saturated carbocycles. The second-order valence-electron chi connectivity index (χ2n) is 7.53. The van der Waals surface area contributed by atoms with Crippen molar-refractivity contribution in [3.8, 4) is 17.2 Å². The highest BCUT2D eigenvalue weighted by molar-refractivity contribution is 6.02. The fraction of sp³-hybridized carbons (Fsp3) is 0.0357. The Morgan fingerprint density at radius 2 is 1.67 bits per heavy atom. The SMILES string of the molecule is O=C(/C=C/c1ccc(Oc2cccnc2)c(F)c1)Nc1cccc(OCC(=O)Nc2ccccc2)c1. The van der Waals surface area contributed by atoms with Crippen LogP contribution in [0.2, 0.25) is 0 Å². The summed E-state index contributed by atoms with van der Waals surface area (Å²) in [6.45, 7) is -0.182. The van der Waals surface area contributed by atoms with Gasteiger partial charge in [-0.2, -0.15) is 0 Å². The van der Waals surface area contributed by atoms with Crippen LogP contribution in [-0.2, 0) is 9.59 Å². The number of hydrogen-bond donors (Lipinski definition) is 2. The Balaban J connectivity index is 1.29. The fourth-order valence-electron chi connectivity index (χ4n) is 3.12. The van der Waals surface area contributed by atoms with Crippen LogP contribution < -0.4 is 20.1 Å². The zero-order valence-corrected chi connectivity index (χ0v) is 19.1. The molecule has 0 bridgehead atoms. The number of benzene rings is 3. The highest BCUT2D eigenvalue weighted by Gasteiger charge is 2.07. The molecule has 0 fully saturated rings. The average Bonchev–Trinajstić information content (AvgIpc) is 2.89. The lowest BCUT2D eigenvalue weighted by Gasteiger charge is -2.09. The molecule has 0 aliphatic heterocycles. The first-order chi connectivity index (χ1) is 17.5. The molecule has 36 heavy (non-hydrogen) atoms. The largest absolute Gasteiger partial charge is 0.484 e. The van der Waals surface area contributed by atoms with Crippen molar-refractivity contribution >= 4 is 29.3 Å². The van der Waals surface area contributed by atoms with Crippen LogP contribution in [0.15, 0.2) is 103 Å². The summed E-state index contributed by atoms with van der Waals surface area (Å²) in [5, 5.41) is 5.44. The van der Waals surface area contributed by atoms with Crippen molar-refractivity contribution in [2.24, 2.45) is 0 Å². The predicted octanol–water partition coefficient (Wildman–Crippen LogP) is 5.68. The molecule has 2 N–H and O–H groups in total. The minimum Gasteiger partial charge on any atom is -0.484 e. The van der Waals surface area contributed by atoms with Crippen molar-refractivity contribution in [1.29, 1.82) is 0 Å². The molecule has 180 valence electrons. The molecule has 1 aromatic heterocycles. The first kappa shape index (κ1) is 24.2. The zero-order valence-electron chi connectivity index (χ0n) is 19.1. The molecule has 7 nitrogen and oxygen atoms in total. The molecule has 0 unspecified atom stereocenters. The number of amides is 2. The first-order valence-corrected chi connectivity index (χ1v) is 11.0. The minimum atomic E-state index is -0.567. The van der Waals surface area contributed by atoms with Gasteiger partial charge in [0, 0.05) is 29.7 Å². The molecule has 0 atom stereocenters. The predicted molar refractivity (Wildman–Crippen MR) is 135 cm³/mol. The van der Waals surface area contributed by atoms with Crippen LogP contribution in [0.25, 0.3) is 6.08 Å². The first-order valence-electron chi connectivity index (χ1n) is 11.0. The summed E-state index contributed by atoms with van der Waals surface area (Å²) in [5.74, 6) is -0.387. The average molecular weight is 483 g/mol. The Hall–Kier alpha value is -4.98. The normalized spacial score (nSPS) is 10.6. The molecular formula is C28H22FN3O4. The molecule has 1 heterocycles. The van der Waals surface area contributed by atoms with Gasteiger partial charge >= 0.3 is 0 Å². The van der Waals surface area contributed by atoms with Gasteiger partial charge in [0.25, 0.3) is 5.91 Å². The van der Waals surface area contributed by atoms with E-state index < -0.39 is 11.7 Å². The molecule has 0 radical (unpaired) electrons. The van der Waals surface area contributed by atoms with Gasteiger partial charge in [0.1, 0.15) is 11.5 Å². The molecule has 0 aliphatic carbocycles. The second-order valence-corrected chi connectivity index (χ2v) is 7.53. The number of aromatic nitrogens is 1.